The molecule has 4 nitrogen and oxygen atoms in total. The Hall–Kier alpha value is 1.22. The molecule has 0 aliphatic heterocycles. The fourth-order valence-electron chi connectivity index (χ4n) is 0. The molecule has 8 heavy (non-hydrogen) atoms. The van der Waals surface area contributed by atoms with Crippen molar-refractivity contribution in [2.24, 2.45) is 0 Å². The molecule has 7 heteroatoms. The van der Waals surface area contributed by atoms with Crippen LogP contribution in [-0.4, -0.2) is 20.1 Å². The molecule has 0 amide bonds. The van der Waals surface area contributed by atoms with Crippen LogP contribution in [0.1, 0.15) is 0 Å². The Balaban J connectivity index is -0.000000125. The summed E-state index contributed by atoms with van der Waals surface area (Å²) in [5, 5.41) is 0. The zero-order valence-corrected chi connectivity index (χ0v) is 8.36. The zero-order valence-electron chi connectivity index (χ0n) is 4.54. The van der Waals surface area contributed by atoms with E-state index in [0.717, 1.165) is 7.11 Å². The van der Waals surface area contributed by atoms with Crippen LogP contribution >= 0.6 is 13.5 Å². The van der Waals surface area contributed by atoms with Gasteiger partial charge in [-0.2, -0.15) is 13.5 Å². The van der Waals surface area contributed by atoms with E-state index in [2.05, 4.69) is 4.18 Å². The molecule has 0 unspecified atom stereocenters. The minimum absolute atomic E-state index is 0. The third-order valence-electron chi connectivity index (χ3n) is 0.204. The smallest absolute Gasteiger partial charge is 0.726 e. The summed E-state index contributed by atoms with van der Waals surface area (Å²) in [7, 11) is -3.60. The van der Waals surface area contributed by atoms with E-state index < -0.39 is 10.4 Å². The van der Waals surface area contributed by atoms with Crippen molar-refractivity contribution in [3.8, 4) is 0 Å². The Morgan fingerprint density at radius 3 is 1.62 bits per heavy atom. The summed E-state index contributed by atoms with van der Waals surface area (Å²) in [4.78, 5) is 0. The Kier molecular flexibility index (Phi) is 12.8. The molecule has 0 N–H and O–H groups in total. The molecule has 0 saturated heterocycles. The minimum atomic E-state index is -4.41. The largest absolute Gasteiger partial charge is 1.00 e. The molecule has 0 aliphatic rings. The number of hydrogen-bond donors (Lipinski definition) is 0. The fourth-order valence-corrected chi connectivity index (χ4v) is 0. The standard InChI is InChI=1S/CH4O4S.Na.H2S/c1-5-6(2,3)4;;/h1H3,(H,2,3,4);;1H2/q;+1;/p-1. The molecule has 0 radical (unpaired) electrons. The maximum Gasteiger partial charge on any atom is 1.00 e. The van der Waals surface area contributed by atoms with Crippen LogP contribution in [0, 0.1) is 0 Å². The molecule has 0 atom stereocenters. The van der Waals surface area contributed by atoms with E-state index in [1.54, 1.807) is 0 Å². The van der Waals surface area contributed by atoms with E-state index in [1.165, 1.54) is 0 Å². The van der Waals surface area contributed by atoms with Crippen molar-refractivity contribution in [1.29, 1.82) is 0 Å². The normalized spacial score (nSPS) is 8.75. The minimum Gasteiger partial charge on any atom is -0.726 e. The molecule has 0 heterocycles. The maximum atomic E-state index is 9.22. The van der Waals surface area contributed by atoms with Gasteiger partial charge in [-0.05, 0) is 0 Å². The summed E-state index contributed by atoms with van der Waals surface area (Å²) in [5.74, 6) is 0. The Labute approximate surface area is 77.3 Å². The monoisotopic (exact) mass is 168 g/mol. The topological polar surface area (TPSA) is 66.4 Å². The first-order valence-electron chi connectivity index (χ1n) is 1.07. The van der Waals surface area contributed by atoms with E-state index in [0.29, 0.717) is 0 Å². The predicted molar refractivity (Wildman–Crippen MR) is 27.1 cm³/mol. The third-order valence-corrected chi connectivity index (χ3v) is 0.612. The zero-order chi connectivity index (χ0) is 5.21. The van der Waals surface area contributed by atoms with Crippen molar-refractivity contribution in [3.63, 3.8) is 0 Å². The average molecular weight is 168 g/mol. The van der Waals surface area contributed by atoms with Crippen LogP contribution in [0.25, 0.3) is 0 Å². The molecule has 0 bridgehead atoms. The van der Waals surface area contributed by atoms with Crippen molar-refractivity contribution < 1.29 is 46.7 Å². The summed E-state index contributed by atoms with van der Waals surface area (Å²) in [6, 6.07) is 0. The van der Waals surface area contributed by atoms with Crippen LogP contribution in [0.2, 0.25) is 0 Å². The molecule has 0 aliphatic carbocycles. The van der Waals surface area contributed by atoms with Crippen molar-refractivity contribution in [2.45, 2.75) is 0 Å². The summed E-state index contributed by atoms with van der Waals surface area (Å²) in [6.45, 7) is 0. The summed E-state index contributed by atoms with van der Waals surface area (Å²) in [6.07, 6.45) is 0. The van der Waals surface area contributed by atoms with Crippen molar-refractivity contribution >= 4 is 23.9 Å². The Morgan fingerprint density at radius 1 is 1.50 bits per heavy atom. The molecule has 0 rings (SSSR count). The van der Waals surface area contributed by atoms with E-state index in [-0.39, 0.29) is 43.1 Å². The van der Waals surface area contributed by atoms with Gasteiger partial charge in [-0.1, -0.05) is 0 Å². The Bertz CT molecular complexity index is 116. The summed E-state index contributed by atoms with van der Waals surface area (Å²) in [5.41, 5.74) is 0. The third kappa shape index (κ3) is 15.7. The molecular weight excluding hydrogens is 163 g/mol. The van der Waals surface area contributed by atoms with Gasteiger partial charge in [0.1, 0.15) is 0 Å². The van der Waals surface area contributed by atoms with Crippen LogP contribution in [0.15, 0.2) is 0 Å². The molecule has 0 aromatic rings. The first kappa shape index (κ1) is 16.1. The molecule has 0 saturated carbocycles. The van der Waals surface area contributed by atoms with Crippen molar-refractivity contribution in [1.82, 2.24) is 0 Å². The van der Waals surface area contributed by atoms with Gasteiger partial charge in [0.15, 0.2) is 0 Å². The van der Waals surface area contributed by atoms with Gasteiger partial charge in [-0.15, -0.1) is 0 Å². The van der Waals surface area contributed by atoms with Crippen LogP contribution in [-0.2, 0) is 14.6 Å². The van der Waals surface area contributed by atoms with Crippen molar-refractivity contribution in [2.75, 3.05) is 7.11 Å². The quantitative estimate of drug-likeness (QED) is 0.229. The first-order chi connectivity index (χ1) is 2.56. The predicted octanol–water partition coefficient (Wildman–Crippen LogP) is -3.79. The summed E-state index contributed by atoms with van der Waals surface area (Å²) < 4.78 is 31.0. The fraction of sp³-hybridized carbons (Fsp3) is 1.00. The second kappa shape index (κ2) is 6.34. The van der Waals surface area contributed by atoms with E-state index >= 15 is 0 Å². The van der Waals surface area contributed by atoms with Gasteiger partial charge in [0.05, 0.1) is 7.11 Å². The summed E-state index contributed by atoms with van der Waals surface area (Å²) >= 11 is 0. The van der Waals surface area contributed by atoms with E-state index in [9.17, 15) is 13.0 Å². The van der Waals surface area contributed by atoms with Gasteiger partial charge in [-0.25, -0.2) is 8.42 Å². The van der Waals surface area contributed by atoms with Crippen LogP contribution in [0.3, 0.4) is 0 Å². The van der Waals surface area contributed by atoms with Gasteiger partial charge in [0.2, 0.25) is 10.4 Å². The van der Waals surface area contributed by atoms with Gasteiger partial charge in [-0.3, -0.25) is 4.18 Å². The average Bonchev–Trinajstić information content (AvgIpc) is 1.35. The molecule has 46 valence electrons. The van der Waals surface area contributed by atoms with Crippen LogP contribution in [0.5, 0.6) is 0 Å². The van der Waals surface area contributed by atoms with Gasteiger partial charge >= 0.3 is 29.6 Å². The maximum absolute atomic E-state index is 9.22. The number of hydrogen-bond acceptors (Lipinski definition) is 4. The SMILES string of the molecule is COS(=O)(=O)[O-].S.[Na+]. The van der Waals surface area contributed by atoms with Crippen LogP contribution < -0.4 is 29.6 Å². The van der Waals surface area contributed by atoms with Gasteiger partial charge in [0.25, 0.3) is 0 Å². The first-order valence-corrected chi connectivity index (χ1v) is 2.41. The van der Waals surface area contributed by atoms with Gasteiger partial charge in [0, 0.05) is 0 Å². The van der Waals surface area contributed by atoms with Crippen molar-refractivity contribution in [3.05, 3.63) is 0 Å². The second-order valence-electron chi connectivity index (χ2n) is 0.575. The second-order valence-corrected chi connectivity index (χ2v) is 1.72. The molecule has 0 aromatic heterocycles. The molecule has 0 fully saturated rings. The molecule has 0 aromatic carbocycles. The number of rotatable bonds is 1. The van der Waals surface area contributed by atoms with Crippen LogP contribution in [0.4, 0.5) is 0 Å². The molecule has 0 spiro atoms. The van der Waals surface area contributed by atoms with E-state index in [4.69, 9.17) is 0 Å². The Morgan fingerprint density at radius 2 is 1.62 bits per heavy atom. The van der Waals surface area contributed by atoms with Gasteiger partial charge < -0.3 is 4.55 Å². The van der Waals surface area contributed by atoms with E-state index in [1.807, 2.05) is 0 Å². The molecular formula is CH5NaO4S2.